The van der Waals surface area contributed by atoms with E-state index in [9.17, 15) is 18.0 Å². The number of hydrogen-bond donors (Lipinski definition) is 0. The fourth-order valence-corrected chi connectivity index (χ4v) is 2.23. The van der Waals surface area contributed by atoms with Crippen molar-refractivity contribution in [3.63, 3.8) is 0 Å². The van der Waals surface area contributed by atoms with E-state index in [1.54, 1.807) is 12.3 Å². The zero-order chi connectivity index (χ0) is 13.3. The number of benzene rings is 1. The fraction of sp³-hybridized carbons (Fsp3) is 0.167. The van der Waals surface area contributed by atoms with Crippen LogP contribution in [0, 0.1) is 24.4 Å². The summed E-state index contributed by atoms with van der Waals surface area (Å²) in [5, 5.41) is 2.27. The molecule has 0 unspecified atom stereocenters. The van der Waals surface area contributed by atoms with E-state index >= 15 is 0 Å². The summed E-state index contributed by atoms with van der Waals surface area (Å²) in [6, 6.07) is 1.68. The van der Waals surface area contributed by atoms with Gasteiger partial charge >= 0.3 is 0 Å². The molecule has 0 bridgehead atoms. The lowest BCUT2D eigenvalue weighted by atomic mass is 10.1. The first kappa shape index (κ1) is 12.8. The highest BCUT2D eigenvalue weighted by Crippen LogP contribution is 2.18. The third kappa shape index (κ3) is 2.43. The van der Waals surface area contributed by atoms with Crippen molar-refractivity contribution in [2.75, 3.05) is 0 Å². The largest absolute Gasteiger partial charge is 0.294 e. The van der Waals surface area contributed by atoms with E-state index in [4.69, 9.17) is 0 Å². The van der Waals surface area contributed by atoms with Crippen molar-refractivity contribution >= 4 is 17.1 Å². The lowest BCUT2D eigenvalue weighted by Crippen LogP contribution is -2.08. The Labute approximate surface area is 105 Å². The summed E-state index contributed by atoms with van der Waals surface area (Å²) in [4.78, 5) is 15.8. The predicted molar refractivity (Wildman–Crippen MR) is 61.2 cm³/mol. The molecule has 2 rings (SSSR count). The number of ketones is 1. The van der Waals surface area contributed by atoms with E-state index in [-0.39, 0.29) is 6.42 Å². The SMILES string of the molecule is Cc1csc(CC(=O)c2ccc(F)c(F)c2F)n1. The number of Topliss-reactive ketones (excluding diaryl/α,β-unsaturated/α-hetero) is 1. The number of halogens is 3. The maximum atomic E-state index is 13.4. The van der Waals surface area contributed by atoms with Gasteiger partial charge in [-0.2, -0.15) is 0 Å². The third-order valence-electron chi connectivity index (χ3n) is 2.31. The van der Waals surface area contributed by atoms with Crippen LogP contribution in [-0.4, -0.2) is 10.8 Å². The minimum atomic E-state index is -1.63. The lowest BCUT2D eigenvalue weighted by molar-refractivity contribution is 0.0988. The van der Waals surface area contributed by atoms with Crippen molar-refractivity contribution in [3.8, 4) is 0 Å². The van der Waals surface area contributed by atoms with Gasteiger partial charge in [0, 0.05) is 11.1 Å². The summed E-state index contributed by atoms with van der Waals surface area (Å²) in [6.07, 6.45) is -0.125. The Hall–Kier alpha value is -1.69. The average molecular weight is 271 g/mol. The van der Waals surface area contributed by atoms with Gasteiger partial charge in [0.1, 0.15) is 5.01 Å². The van der Waals surface area contributed by atoms with E-state index in [2.05, 4.69) is 4.98 Å². The first-order chi connectivity index (χ1) is 8.49. The first-order valence-corrected chi connectivity index (χ1v) is 5.94. The Morgan fingerprint density at radius 3 is 2.61 bits per heavy atom. The second-order valence-corrected chi connectivity index (χ2v) is 4.65. The molecule has 1 aromatic heterocycles. The number of nitrogens with zero attached hydrogens (tertiary/aromatic N) is 1. The molecule has 0 atom stereocenters. The molecule has 0 aliphatic rings. The normalized spacial score (nSPS) is 10.7. The van der Waals surface area contributed by atoms with Gasteiger partial charge in [0.2, 0.25) is 0 Å². The fourth-order valence-electron chi connectivity index (χ4n) is 1.46. The van der Waals surface area contributed by atoms with Crippen molar-refractivity contribution in [3.05, 3.63) is 51.2 Å². The Bertz CT molecular complexity index is 609. The summed E-state index contributed by atoms with van der Waals surface area (Å²) < 4.78 is 39.1. The van der Waals surface area contributed by atoms with Crippen LogP contribution in [0.2, 0.25) is 0 Å². The first-order valence-electron chi connectivity index (χ1n) is 5.06. The maximum absolute atomic E-state index is 13.4. The molecule has 0 radical (unpaired) electrons. The molecular weight excluding hydrogens is 263 g/mol. The Balaban J connectivity index is 2.27. The van der Waals surface area contributed by atoms with Crippen LogP contribution in [-0.2, 0) is 6.42 Å². The number of rotatable bonds is 3. The third-order valence-corrected chi connectivity index (χ3v) is 3.28. The maximum Gasteiger partial charge on any atom is 0.195 e. The van der Waals surface area contributed by atoms with Crippen molar-refractivity contribution in [1.29, 1.82) is 0 Å². The monoisotopic (exact) mass is 271 g/mol. The quantitative estimate of drug-likeness (QED) is 0.633. The van der Waals surface area contributed by atoms with Gasteiger partial charge in [-0.3, -0.25) is 4.79 Å². The molecule has 0 amide bonds. The molecule has 2 aromatic rings. The minimum absolute atomic E-state index is 0.125. The van der Waals surface area contributed by atoms with Gasteiger partial charge in [0.05, 0.1) is 12.0 Å². The molecule has 2 nitrogen and oxygen atoms in total. The molecule has 0 aliphatic heterocycles. The molecule has 94 valence electrons. The van der Waals surface area contributed by atoms with Gasteiger partial charge in [-0.15, -0.1) is 11.3 Å². The van der Waals surface area contributed by atoms with Crippen LogP contribution >= 0.6 is 11.3 Å². The topological polar surface area (TPSA) is 30.0 Å². The standard InChI is InChI=1S/C12H8F3NOS/c1-6-5-18-10(16-6)4-9(17)7-2-3-8(13)12(15)11(7)14/h2-3,5H,4H2,1H3. The van der Waals surface area contributed by atoms with E-state index in [0.29, 0.717) is 5.01 Å². The van der Waals surface area contributed by atoms with Crippen LogP contribution in [0.25, 0.3) is 0 Å². The van der Waals surface area contributed by atoms with Gasteiger partial charge < -0.3 is 0 Å². The van der Waals surface area contributed by atoms with Gasteiger partial charge in [0.25, 0.3) is 0 Å². The van der Waals surface area contributed by atoms with Crippen molar-refractivity contribution in [2.45, 2.75) is 13.3 Å². The molecule has 0 fully saturated rings. The predicted octanol–water partition coefficient (Wildman–Crippen LogP) is 3.29. The summed E-state index contributed by atoms with van der Waals surface area (Å²) in [5.41, 5.74) is 0.301. The Kier molecular flexibility index (Phi) is 3.47. The van der Waals surface area contributed by atoms with Crippen molar-refractivity contribution in [2.24, 2.45) is 0 Å². The van der Waals surface area contributed by atoms with Gasteiger partial charge in [-0.05, 0) is 19.1 Å². The molecule has 0 saturated heterocycles. The van der Waals surface area contributed by atoms with Gasteiger partial charge in [-0.25, -0.2) is 18.2 Å². The number of carbonyl (C=O) groups excluding carboxylic acids is 1. The molecule has 18 heavy (non-hydrogen) atoms. The summed E-state index contributed by atoms with van der Waals surface area (Å²) in [5.74, 6) is -5.01. The van der Waals surface area contributed by atoms with Gasteiger partial charge in [0.15, 0.2) is 23.2 Å². The van der Waals surface area contributed by atoms with Crippen molar-refractivity contribution < 1.29 is 18.0 Å². The molecule has 6 heteroatoms. The van der Waals surface area contributed by atoms with Crippen LogP contribution in [0.5, 0.6) is 0 Å². The molecule has 0 N–H and O–H groups in total. The zero-order valence-electron chi connectivity index (χ0n) is 9.34. The van der Waals surface area contributed by atoms with E-state index in [0.717, 1.165) is 17.8 Å². The van der Waals surface area contributed by atoms with Crippen LogP contribution in [0.15, 0.2) is 17.5 Å². The second kappa shape index (κ2) is 4.89. The molecule has 0 spiro atoms. The Morgan fingerprint density at radius 2 is 2.00 bits per heavy atom. The molecule has 1 heterocycles. The minimum Gasteiger partial charge on any atom is -0.294 e. The highest BCUT2D eigenvalue weighted by Gasteiger charge is 2.19. The van der Waals surface area contributed by atoms with Crippen molar-refractivity contribution in [1.82, 2.24) is 4.98 Å². The molecule has 0 aliphatic carbocycles. The number of aromatic nitrogens is 1. The number of carbonyl (C=O) groups is 1. The van der Waals surface area contributed by atoms with Crippen LogP contribution in [0.4, 0.5) is 13.2 Å². The lowest BCUT2D eigenvalue weighted by Gasteiger charge is -2.02. The molecule has 0 saturated carbocycles. The second-order valence-electron chi connectivity index (χ2n) is 3.71. The highest BCUT2D eigenvalue weighted by atomic mass is 32.1. The zero-order valence-corrected chi connectivity index (χ0v) is 10.2. The van der Waals surface area contributed by atoms with Crippen LogP contribution in [0.3, 0.4) is 0 Å². The summed E-state index contributed by atoms with van der Waals surface area (Å²) in [6.45, 7) is 1.77. The molecular formula is C12H8F3NOS. The summed E-state index contributed by atoms with van der Waals surface area (Å²) >= 11 is 1.26. The van der Waals surface area contributed by atoms with Gasteiger partial charge in [-0.1, -0.05) is 0 Å². The number of hydrogen-bond acceptors (Lipinski definition) is 3. The average Bonchev–Trinajstić information content (AvgIpc) is 2.71. The molecule has 1 aromatic carbocycles. The van der Waals surface area contributed by atoms with E-state index in [1.165, 1.54) is 11.3 Å². The smallest absolute Gasteiger partial charge is 0.195 e. The van der Waals surface area contributed by atoms with Crippen LogP contribution < -0.4 is 0 Å². The van der Waals surface area contributed by atoms with Crippen LogP contribution in [0.1, 0.15) is 21.1 Å². The Morgan fingerprint density at radius 1 is 1.28 bits per heavy atom. The highest BCUT2D eigenvalue weighted by molar-refractivity contribution is 7.09. The number of aryl methyl sites for hydroxylation is 1. The summed E-state index contributed by atoms with van der Waals surface area (Å²) in [7, 11) is 0. The van der Waals surface area contributed by atoms with E-state index < -0.39 is 28.8 Å². The van der Waals surface area contributed by atoms with E-state index in [1.807, 2.05) is 0 Å². The number of thiazole rings is 1.